The minimum absolute atomic E-state index is 0.0209. The Hall–Kier alpha value is -3.23. The predicted octanol–water partition coefficient (Wildman–Crippen LogP) is 5.66. The first-order valence-corrected chi connectivity index (χ1v) is 15.3. The van der Waals surface area contributed by atoms with E-state index in [0.29, 0.717) is 64.6 Å². The van der Waals surface area contributed by atoms with Crippen molar-refractivity contribution in [1.29, 1.82) is 0 Å². The Morgan fingerprint density at radius 2 is 0.905 bits per heavy atom. The predicted molar refractivity (Wildman–Crippen MR) is 156 cm³/mol. The molecule has 0 aliphatic heterocycles. The lowest BCUT2D eigenvalue weighted by Gasteiger charge is -2.27. The summed E-state index contributed by atoms with van der Waals surface area (Å²) in [5.74, 6) is -0.403. The Kier molecular flexibility index (Phi) is 13.3. The highest BCUT2D eigenvalue weighted by atomic mass is 16.6. The molecule has 0 aromatic heterocycles. The van der Waals surface area contributed by atoms with Gasteiger partial charge in [0.05, 0.1) is 37.6 Å². The number of hydrogen-bond donors (Lipinski definition) is 0. The van der Waals surface area contributed by atoms with Gasteiger partial charge in [0.15, 0.2) is 0 Å². The molecule has 0 bridgehead atoms. The Morgan fingerprint density at radius 1 is 0.500 bits per heavy atom. The van der Waals surface area contributed by atoms with E-state index in [1.54, 1.807) is 0 Å². The number of hydrogen-bond acceptors (Lipinski definition) is 8. The summed E-state index contributed by atoms with van der Waals surface area (Å²) in [7, 11) is 0. The third-order valence-corrected chi connectivity index (χ3v) is 8.22. The molecule has 4 rings (SSSR count). The Morgan fingerprint density at radius 3 is 1.40 bits per heavy atom. The second-order valence-corrected chi connectivity index (χ2v) is 11.3. The van der Waals surface area contributed by atoms with Crippen LogP contribution in [-0.2, 0) is 51.3 Å². The van der Waals surface area contributed by atoms with Crippen molar-refractivity contribution in [3.05, 3.63) is 71.8 Å². The smallest absolute Gasteiger partial charge is 0.309 e. The van der Waals surface area contributed by atoms with E-state index in [1.165, 1.54) is 0 Å². The average molecular weight is 581 g/mol. The van der Waals surface area contributed by atoms with E-state index in [1.807, 2.05) is 60.7 Å². The maximum absolute atomic E-state index is 12.4. The number of carbonyl (C=O) groups is 3. The molecule has 8 nitrogen and oxygen atoms in total. The summed E-state index contributed by atoms with van der Waals surface area (Å²) in [5.41, 5.74) is 1.97. The van der Waals surface area contributed by atoms with Gasteiger partial charge in [0.2, 0.25) is 0 Å². The van der Waals surface area contributed by atoms with E-state index < -0.39 is 0 Å². The molecule has 2 aromatic carbocycles. The fourth-order valence-corrected chi connectivity index (χ4v) is 5.61. The molecule has 2 aliphatic rings. The van der Waals surface area contributed by atoms with Crippen LogP contribution in [0.3, 0.4) is 0 Å². The quantitative estimate of drug-likeness (QED) is 0.151. The Labute approximate surface area is 249 Å². The minimum Gasteiger partial charge on any atom is -0.463 e. The van der Waals surface area contributed by atoms with E-state index in [4.69, 9.17) is 23.7 Å². The van der Waals surface area contributed by atoms with Gasteiger partial charge in [0.25, 0.3) is 0 Å². The molecular formula is C34H44O8. The highest BCUT2D eigenvalue weighted by molar-refractivity contribution is 5.75. The Balaban J connectivity index is 0.957. The molecule has 0 unspecified atom stereocenters. The zero-order chi connectivity index (χ0) is 29.4. The van der Waals surface area contributed by atoms with Crippen LogP contribution in [0.15, 0.2) is 60.7 Å². The van der Waals surface area contributed by atoms with Crippen LogP contribution >= 0.6 is 0 Å². The van der Waals surface area contributed by atoms with Gasteiger partial charge in [-0.3, -0.25) is 14.4 Å². The normalized spacial score (nSPS) is 22.2. The summed E-state index contributed by atoms with van der Waals surface area (Å²) in [6.07, 6.45) is 6.14. The van der Waals surface area contributed by atoms with Crippen LogP contribution in [0.5, 0.6) is 0 Å². The van der Waals surface area contributed by atoms with Gasteiger partial charge in [-0.05, 0) is 68.4 Å². The van der Waals surface area contributed by atoms with Crippen molar-refractivity contribution in [2.24, 2.45) is 23.7 Å². The first-order valence-electron chi connectivity index (χ1n) is 15.3. The maximum Gasteiger partial charge on any atom is 0.309 e. The van der Waals surface area contributed by atoms with E-state index in [-0.39, 0.29) is 48.9 Å². The van der Waals surface area contributed by atoms with Gasteiger partial charge in [-0.1, -0.05) is 60.7 Å². The Bertz CT molecular complexity index is 1070. The maximum atomic E-state index is 12.4. The average Bonchev–Trinajstić information content (AvgIpc) is 3.05. The molecular weight excluding hydrogens is 536 g/mol. The lowest BCUT2D eigenvalue weighted by atomic mass is 9.82. The van der Waals surface area contributed by atoms with Crippen molar-refractivity contribution in [2.45, 2.75) is 64.6 Å². The van der Waals surface area contributed by atoms with Crippen LogP contribution in [0.25, 0.3) is 0 Å². The molecule has 0 radical (unpaired) electrons. The topological polar surface area (TPSA) is 97.4 Å². The third-order valence-electron chi connectivity index (χ3n) is 8.22. The molecule has 42 heavy (non-hydrogen) atoms. The lowest BCUT2D eigenvalue weighted by molar-refractivity contribution is -0.156. The summed E-state index contributed by atoms with van der Waals surface area (Å²) >= 11 is 0. The SMILES string of the molecule is O=C(OCc1ccccc1)[C@H]1CC[C@@H](COCCOCCOC(=O)[C@H]2CC[C@@H](C(=O)OCc3ccccc3)CC2)CC1. The van der Waals surface area contributed by atoms with Crippen LogP contribution in [-0.4, -0.2) is 50.9 Å². The van der Waals surface area contributed by atoms with Crippen LogP contribution in [0, 0.1) is 23.7 Å². The second-order valence-electron chi connectivity index (χ2n) is 11.3. The van der Waals surface area contributed by atoms with Gasteiger partial charge < -0.3 is 23.7 Å². The molecule has 228 valence electrons. The zero-order valence-corrected chi connectivity index (χ0v) is 24.5. The van der Waals surface area contributed by atoms with Crippen molar-refractivity contribution in [1.82, 2.24) is 0 Å². The van der Waals surface area contributed by atoms with Gasteiger partial charge in [-0.15, -0.1) is 0 Å². The van der Waals surface area contributed by atoms with Gasteiger partial charge >= 0.3 is 17.9 Å². The first-order chi connectivity index (χ1) is 20.6. The summed E-state index contributed by atoms with van der Waals surface area (Å²) in [4.78, 5) is 37.2. The molecule has 0 amide bonds. The first kappa shape index (κ1) is 31.7. The number of rotatable bonds is 15. The standard InChI is InChI=1S/C34H44O8/c35-32(30-15-17-31(18-16-30)34(37)42-25-27-9-5-2-6-10-27)40-22-21-38-19-20-39-23-28-11-13-29(14-12-28)33(36)41-24-26-7-3-1-4-8-26/h1-10,28-31H,11-25H2/t28-,29+,30-,31+. The van der Waals surface area contributed by atoms with E-state index in [2.05, 4.69) is 0 Å². The van der Waals surface area contributed by atoms with Crippen LogP contribution in [0.4, 0.5) is 0 Å². The van der Waals surface area contributed by atoms with Crippen molar-refractivity contribution in [3.63, 3.8) is 0 Å². The molecule has 0 heterocycles. The molecule has 0 N–H and O–H groups in total. The number of ether oxygens (including phenoxy) is 5. The van der Waals surface area contributed by atoms with Crippen molar-refractivity contribution in [3.8, 4) is 0 Å². The fraction of sp³-hybridized carbons (Fsp3) is 0.559. The summed E-state index contributed by atoms with van der Waals surface area (Å²) in [6.45, 7) is 2.73. The lowest BCUT2D eigenvalue weighted by Crippen LogP contribution is -2.28. The number of carbonyl (C=O) groups excluding carboxylic acids is 3. The summed E-state index contributed by atoms with van der Waals surface area (Å²) < 4.78 is 27.7. The molecule has 0 saturated heterocycles. The zero-order valence-electron chi connectivity index (χ0n) is 24.5. The molecule has 0 atom stereocenters. The molecule has 8 heteroatoms. The highest BCUT2D eigenvalue weighted by Gasteiger charge is 2.32. The summed E-state index contributed by atoms with van der Waals surface area (Å²) in [6, 6.07) is 19.4. The van der Waals surface area contributed by atoms with Crippen molar-refractivity contribution in [2.75, 3.05) is 33.0 Å². The molecule has 2 fully saturated rings. The van der Waals surface area contributed by atoms with Crippen molar-refractivity contribution < 1.29 is 38.1 Å². The monoisotopic (exact) mass is 580 g/mol. The van der Waals surface area contributed by atoms with Gasteiger partial charge in [-0.2, -0.15) is 0 Å². The largest absolute Gasteiger partial charge is 0.463 e. The number of esters is 3. The van der Waals surface area contributed by atoms with E-state index in [0.717, 1.165) is 36.8 Å². The van der Waals surface area contributed by atoms with Gasteiger partial charge in [0, 0.05) is 6.61 Å². The van der Waals surface area contributed by atoms with Gasteiger partial charge in [-0.25, -0.2) is 0 Å². The van der Waals surface area contributed by atoms with Crippen LogP contribution in [0.2, 0.25) is 0 Å². The number of benzene rings is 2. The van der Waals surface area contributed by atoms with Crippen molar-refractivity contribution >= 4 is 17.9 Å². The molecule has 0 spiro atoms. The van der Waals surface area contributed by atoms with Gasteiger partial charge in [0.1, 0.15) is 19.8 Å². The van der Waals surface area contributed by atoms with E-state index >= 15 is 0 Å². The summed E-state index contributed by atoms with van der Waals surface area (Å²) in [5, 5.41) is 0. The molecule has 2 aliphatic carbocycles. The second kappa shape index (κ2) is 17.7. The fourth-order valence-electron chi connectivity index (χ4n) is 5.61. The molecule has 2 aromatic rings. The van der Waals surface area contributed by atoms with Crippen LogP contribution in [0.1, 0.15) is 62.5 Å². The highest BCUT2D eigenvalue weighted by Crippen LogP contribution is 2.31. The van der Waals surface area contributed by atoms with Crippen LogP contribution < -0.4 is 0 Å². The third kappa shape index (κ3) is 10.9. The van der Waals surface area contributed by atoms with E-state index in [9.17, 15) is 14.4 Å². The molecule has 2 saturated carbocycles. The minimum atomic E-state index is -0.217.